The molecule has 0 aromatic heterocycles. The zero-order chi connectivity index (χ0) is 8.27. The lowest BCUT2D eigenvalue weighted by atomic mass is 10.1. The molecule has 0 saturated carbocycles. The summed E-state index contributed by atoms with van der Waals surface area (Å²) in [5.41, 5.74) is 14.0. The van der Waals surface area contributed by atoms with Gasteiger partial charge in [0, 0.05) is 11.4 Å². The van der Waals surface area contributed by atoms with Gasteiger partial charge in [0.15, 0.2) is 0 Å². The molecule has 0 amide bonds. The second kappa shape index (κ2) is 6.87. The largest absolute Gasteiger partial charge is 0.399 e. The highest BCUT2D eigenvalue weighted by atomic mass is 35.5. The second-order valence-corrected chi connectivity index (χ2v) is 2.71. The number of anilines is 2. The fraction of sp³-hybridized carbons (Fsp3) is 0.333. The lowest BCUT2D eigenvalue weighted by molar-refractivity contribution is 0.924. The number of hydrogen-bond acceptors (Lipinski definition) is 2. The molecule has 0 radical (unpaired) electrons. The Morgan fingerprint density at radius 3 is 2.23 bits per heavy atom. The second-order valence-electron chi connectivity index (χ2n) is 2.71. The summed E-state index contributed by atoms with van der Waals surface area (Å²) in [5, 5.41) is 0. The fourth-order valence-corrected chi connectivity index (χ4v) is 1.11. The van der Waals surface area contributed by atoms with Crippen molar-refractivity contribution in [2.45, 2.75) is 19.8 Å². The summed E-state index contributed by atoms with van der Waals surface area (Å²) in [4.78, 5) is 0. The van der Waals surface area contributed by atoms with E-state index in [-0.39, 0.29) is 24.8 Å². The Morgan fingerprint density at radius 2 is 1.77 bits per heavy atom. The summed E-state index contributed by atoms with van der Waals surface area (Å²) >= 11 is 0. The quantitative estimate of drug-likeness (QED) is 0.757. The van der Waals surface area contributed by atoms with E-state index in [4.69, 9.17) is 11.5 Å². The Balaban J connectivity index is 0. The monoisotopic (exact) mass is 222 g/mol. The van der Waals surface area contributed by atoms with E-state index in [1.54, 1.807) is 0 Å². The van der Waals surface area contributed by atoms with Gasteiger partial charge in [-0.05, 0) is 24.1 Å². The van der Waals surface area contributed by atoms with Crippen molar-refractivity contribution in [3.8, 4) is 0 Å². The number of hydrogen-bond donors (Lipinski definition) is 2. The summed E-state index contributed by atoms with van der Waals surface area (Å²) in [7, 11) is 0. The SMILES string of the molecule is CCCc1ccc(N)cc1N.Cl.Cl. The molecule has 2 nitrogen and oxygen atoms in total. The van der Waals surface area contributed by atoms with Crippen LogP contribution in [0.25, 0.3) is 0 Å². The molecular weight excluding hydrogens is 207 g/mol. The van der Waals surface area contributed by atoms with Gasteiger partial charge in [-0.15, -0.1) is 24.8 Å². The molecule has 0 spiro atoms. The molecule has 0 aliphatic rings. The van der Waals surface area contributed by atoms with E-state index in [2.05, 4.69) is 6.92 Å². The smallest absolute Gasteiger partial charge is 0.0367 e. The molecule has 0 saturated heterocycles. The van der Waals surface area contributed by atoms with E-state index < -0.39 is 0 Å². The van der Waals surface area contributed by atoms with Gasteiger partial charge >= 0.3 is 0 Å². The number of benzene rings is 1. The zero-order valence-electron chi connectivity index (χ0n) is 7.62. The molecule has 1 aromatic rings. The summed E-state index contributed by atoms with van der Waals surface area (Å²) in [6.07, 6.45) is 2.15. The predicted molar refractivity (Wildman–Crippen MR) is 63.8 cm³/mol. The molecule has 1 rings (SSSR count). The Hall–Kier alpha value is -0.600. The van der Waals surface area contributed by atoms with Gasteiger partial charge < -0.3 is 11.5 Å². The third-order valence-corrected chi connectivity index (χ3v) is 1.69. The molecule has 0 heterocycles. The van der Waals surface area contributed by atoms with Crippen molar-refractivity contribution in [2.24, 2.45) is 0 Å². The van der Waals surface area contributed by atoms with Crippen LogP contribution < -0.4 is 11.5 Å². The molecular formula is C9H16Cl2N2. The van der Waals surface area contributed by atoms with E-state index in [1.165, 1.54) is 5.56 Å². The molecule has 13 heavy (non-hydrogen) atoms. The van der Waals surface area contributed by atoms with Gasteiger partial charge in [-0.25, -0.2) is 0 Å². The van der Waals surface area contributed by atoms with Gasteiger partial charge in [0.25, 0.3) is 0 Å². The van der Waals surface area contributed by atoms with Crippen molar-refractivity contribution in [3.63, 3.8) is 0 Å². The van der Waals surface area contributed by atoms with Gasteiger partial charge in [0.2, 0.25) is 0 Å². The van der Waals surface area contributed by atoms with Crippen LogP contribution in [-0.2, 0) is 6.42 Å². The Kier molecular flexibility index (Phi) is 7.87. The van der Waals surface area contributed by atoms with E-state index in [0.29, 0.717) is 0 Å². The number of halogens is 2. The molecule has 0 fully saturated rings. The minimum Gasteiger partial charge on any atom is -0.399 e. The average molecular weight is 223 g/mol. The van der Waals surface area contributed by atoms with Crippen molar-refractivity contribution in [1.82, 2.24) is 0 Å². The summed E-state index contributed by atoms with van der Waals surface area (Å²) < 4.78 is 0. The van der Waals surface area contributed by atoms with Gasteiger partial charge in [-0.2, -0.15) is 0 Å². The highest BCUT2D eigenvalue weighted by Gasteiger charge is 1.96. The average Bonchev–Trinajstić information content (AvgIpc) is 1.95. The Morgan fingerprint density at radius 1 is 1.15 bits per heavy atom. The highest BCUT2D eigenvalue weighted by Crippen LogP contribution is 2.16. The summed E-state index contributed by atoms with van der Waals surface area (Å²) in [6, 6.07) is 5.69. The van der Waals surface area contributed by atoms with Gasteiger partial charge in [0.1, 0.15) is 0 Å². The molecule has 4 heteroatoms. The third kappa shape index (κ3) is 4.25. The first-order valence-electron chi connectivity index (χ1n) is 3.88. The van der Waals surface area contributed by atoms with Crippen molar-refractivity contribution < 1.29 is 0 Å². The van der Waals surface area contributed by atoms with E-state index in [1.807, 2.05) is 18.2 Å². The van der Waals surface area contributed by atoms with Crippen LogP contribution in [0.5, 0.6) is 0 Å². The molecule has 0 unspecified atom stereocenters. The Bertz CT molecular complexity index is 251. The molecule has 1 aromatic carbocycles. The third-order valence-electron chi connectivity index (χ3n) is 1.69. The first-order chi connectivity index (χ1) is 5.24. The van der Waals surface area contributed by atoms with Crippen molar-refractivity contribution in [1.29, 1.82) is 0 Å². The topological polar surface area (TPSA) is 52.0 Å². The first kappa shape index (κ1) is 14.9. The van der Waals surface area contributed by atoms with Crippen LogP contribution in [-0.4, -0.2) is 0 Å². The van der Waals surface area contributed by atoms with Crippen molar-refractivity contribution in [2.75, 3.05) is 11.5 Å². The number of nitrogens with two attached hydrogens (primary N) is 2. The van der Waals surface area contributed by atoms with E-state index in [9.17, 15) is 0 Å². The minimum atomic E-state index is 0. The maximum Gasteiger partial charge on any atom is 0.0367 e. The van der Waals surface area contributed by atoms with Gasteiger partial charge in [-0.3, -0.25) is 0 Å². The molecule has 0 bridgehead atoms. The standard InChI is InChI=1S/C9H14N2.2ClH/c1-2-3-7-4-5-8(10)6-9(7)11;;/h4-6H,2-3,10-11H2,1H3;2*1H. The minimum absolute atomic E-state index is 0. The molecule has 0 atom stereocenters. The van der Waals surface area contributed by atoms with Crippen LogP contribution >= 0.6 is 24.8 Å². The van der Waals surface area contributed by atoms with Crippen molar-refractivity contribution >= 4 is 36.2 Å². The van der Waals surface area contributed by atoms with E-state index in [0.717, 1.165) is 24.2 Å². The van der Waals surface area contributed by atoms with Crippen LogP contribution in [0.3, 0.4) is 0 Å². The fourth-order valence-electron chi connectivity index (χ4n) is 1.11. The van der Waals surface area contributed by atoms with Crippen LogP contribution in [0.4, 0.5) is 11.4 Å². The van der Waals surface area contributed by atoms with Gasteiger partial charge in [0.05, 0.1) is 0 Å². The lowest BCUT2D eigenvalue weighted by Crippen LogP contribution is -1.95. The van der Waals surface area contributed by atoms with Crippen molar-refractivity contribution in [3.05, 3.63) is 23.8 Å². The summed E-state index contributed by atoms with van der Waals surface area (Å²) in [6.45, 7) is 2.13. The number of nitrogen functional groups attached to an aromatic ring is 2. The van der Waals surface area contributed by atoms with Crippen LogP contribution in [0.1, 0.15) is 18.9 Å². The molecule has 0 aliphatic heterocycles. The number of rotatable bonds is 2. The molecule has 4 N–H and O–H groups in total. The summed E-state index contributed by atoms with van der Waals surface area (Å²) in [5.74, 6) is 0. The zero-order valence-corrected chi connectivity index (χ0v) is 9.25. The molecule has 76 valence electrons. The normalized spacial score (nSPS) is 8.38. The maximum absolute atomic E-state index is 5.73. The molecule has 0 aliphatic carbocycles. The lowest BCUT2D eigenvalue weighted by Gasteiger charge is -2.03. The van der Waals surface area contributed by atoms with Crippen LogP contribution in [0, 0.1) is 0 Å². The maximum atomic E-state index is 5.73. The van der Waals surface area contributed by atoms with Crippen LogP contribution in [0.15, 0.2) is 18.2 Å². The van der Waals surface area contributed by atoms with Gasteiger partial charge in [-0.1, -0.05) is 19.4 Å². The Labute approximate surface area is 91.5 Å². The van der Waals surface area contributed by atoms with E-state index >= 15 is 0 Å². The first-order valence-corrected chi connectivity index (χ1v) is 3.88. The highest BCUT2D eigenvalue weighted by molar-refractivity contribution is 5.85. The van der Waals surface area contributed by atoms with Crippen LogP contribution in [0.2, 0.25) is 0 Å². The number of aryl methyl sites for hydroxylation is 1. The predicted octanol–water partition coefficient (Wildman–Crippen LogP) is 2.65.